The third-order valence-electron chi connectivity index (χ3n) is 2.38. The van der Waals surface area contributed by atoms with Crippen molar-refractivity contribution in [3.8, 4) is 0 Å². The molecule has 1 N–H and O–H groups in total. The number of amides is 1. The second-order valence-corrected chi connectivity index (χ2v) is 4.89. The molecule has 0 unspecified atom stereocenters. The summed E-state index contributed by atoms with van der Waals surface area (Å²) in [5.74, 6) is -0.749. The third kappa shape index (κ3) is 3.85. The van der Waals surface area contributed by atoms with Gasteiger partial charge in [0, 0.05) is 14.7 Å². The average molecular weight is 368 g/mol. The maximum atomic E-state index is 12.7. The van der Waals surface area contributed by atoms with E-state index in [0.29, 0.717) is 5.56 Å². The van der Waals surface area contributed by atoms with Gasteiger partial charge in [-0.3, -0.25) is 4.79 Å². The lowest BCUT2D eigenvalue weighted by Gasteiger charge is -2.00. The van der Waals surface area contributed by atoms with Crippen LogP contribution in [0.3, 0.4) is 0 Å². The Labute approximate surface area is 123 Å². The lowest BCUT2D eigenvalue weighted by atomic mass is 10.2. The van der Waals surface area contributed by atoms with E-state index < -0.39 is 0 Å². The molecule has 0 atom stereocenters. The number of hydrogen-bond donors (Lipinski definition) is 1. The molecule has 2 aromatic carbocycles. The zero-order chi connectivity index (χ0) is 13.7. The summed E-state index contributed by atoms with van der Waals surface area (Å²) < 4.78 is 13.7. The molecule has 0 spiro atoms. The molecule has 0 aliphatic rings. The van der Waals surface area contributed by atoms with Crippen LogP contribution in [-0.2, 0) is 0 Å². The third-order valence-corrected chi connectivity index (χ3v) is 3.36. The summed E-state index contributed by atoms with van der Waals surface area (Å²) in [6, 6.07) is 13.0. The van der Waals surface area contributed by atoms with E-state index in [-0.39, 0.29) is 11.7 Å². The Morgan fingerprint density at radius 3 is 2.53 bits per heavy atom. The predicted molar refractivity (Wildman–Crippen MR) is 80.6 cm³/mol. The van der Waals surface area contributed by atoms with Gasteiger partial charge in [-0.1, -0.05) is 18.2 Å². The number of hydrazone groups is 1. The molecule has 0 aromatic heterocycles. The van der Waals surface area contributed by atoms with E-state index in [1.54, 1.807) is 6.21 Å². The van der Waals surface area contributed by atoms with Crippen LogP contribution in [0, 0.1) is 9.39 Å². The van der Waals surface area contributed by atoms with Gasteiger partial charge in [-0.15, -0.1) is 0 Å². The molecule has 2 aromatic rings. The van der Waals surface area contributed by atoms with Crippen LogP contribution in [0.4, 0.5) is 4.39 Å². The molecule has 0 saturated heterocycles. The summed E-state index contributed by atoms with van der Waals surface area (Å²) in [6.45, 7) is 0. The molecular weight excluding hydrogens is 358 g/mol. The molecule has 0 heterocycles. The Morgan fingerprint density at radius 2 is 1.84 bits per heavy atom. The van der Waals surface area contributed by atoms with Crippen LogP contribution in [0.15, 0.2) is 53.6 Å². The highest BCUT2D eigenvalue weighted by molar-refractivity contribution is 14.1. The second kappa shape index (κ2) is 6.42. The normalized spacial score (nSPS) is 10.6. The molecule has 0 fully saturated rings. The largest absolute Gasteiger partial charge is 0.271 e. The quantitative estimate of drug-likeness (QED) is 0.505. The smallest absolute Gasteiger partial charge is 0.267 e. The van der Waals surface area contributed by atoms with Crippen molar-refractivity contribution in [3.05, 3.63) is 69.0 Å². The van der Waals surface area contributed by atoms with Gasteiger partial charge in [0.1, 0.15) is 5.82 Å². The van der Waals surface area contributed by atoms with Crippen molar-refractivity contribution < 1.29 is 9.18 Å². The Balaban J connectivity index is 2.01. The summed E-state index contributed by atoms with van der Waals surface area (Å²) in [7, 11) is 0. The number of carbonyl (C=O) groups is 1. The molecule has 19 heavy (non-hydrogen) atoms. The lowest BCUT2D eigenvalue weighted by Crippen LogP contribution is -2.17. The number of halogens is 2. The molecule has 3 nitrogen and oxygen atoms in total. The number of benzene rings is 2. The zero-order valence-electron chi connectivity index (χ0n) is 9.81. The standard InChI is InChI=1S/C14H10FIN2O/c15-12-7-5-10(6-8-12)14(19)18-17-9-11-3-1-2-4-13(11)16/h1-9H,(H,18,19). The molecule has 5 heteroatoms. The monoisotopic (exact) mass is 368 g/mol. The zero-order valence-corrected chi connectivity index (χ0v) is 12.0. The predicted octanol–water partition coefficient (Wildman–Crippen LogP) is 3.19. The van der Waals surface area contributed by atoms with E-state index in [1.807, 2.05) is 24.3 Å². The molecular formula is C14H10FIN2O. The van der Waals surface area contributed by atoms with Gasteiger partial charge in [0.05, 0.1) is 6.21 Å². The van der Waals surface area contributed by atoms with Crippen molar-refractivity contribution in [2.75, 3.05) is 0 Å². The van der Waals surface area contributed by atoms with Crippen LogP contribution in [0.2, 0.25) is 0 Å². The first-order valence-corrected chi connectivity index (χ1v) is 6.58. The first-order chi connectivity index (χ1) is 9.16. The fraction of sp³-hybridized carbons (Fsp3) is 0. The van der Waals surface area contributed by atoms with E-state index in [9.17, 15) is 9.18 Å². The minimum atomic E-state index is -0.376. The van der Waals surface area contributed by atoms with Gasteiger partial charge < -0.3 is 0 Å². The molecule has 2 rings (SSSR count). The van der Waals surface area contributed by atoms with Crippen molar-refractivity contribution in [3.63, 3.8) is 0 Å². The fourth-order valence-electron chi connectivity index (χ4n) is 1.41. The van der Waals surface area contributed by atoms with Gasteiger partial charge in [0.25, 0.3) is 5.91 Å². The number of nitrogens with zero attached hydrogens (tertiary/aromatic N) is 1. The highest BCUT2D eigenvalue weighted by Gasteiger charge is 2.03. The minimum Gasteiger partial charge on any atom is -0.267 e. The molecule has 0 radical (unpaired) electrons. The SMILES string of the molecule is O=C(NN=Cc1ccccc1I)c1ccc(F)cc1. The van der Waals surface area contributed by atoms with E-state index in [1.165, 1.54) is 24.3 Å². The minimum absolute atomic E-state index is 0.362. The highest BCUT2D eigenvalue weighted by Crippen LogP contribution is 2.08. The van der Waals surface area contributed by atoms with Gasteiger partial charge in [0.15, 0.2) is 0 Å². The van der Waals surface area contributed by atoms with Crippen LogP contribution in [-0.4, -0.2) is 12.1 Å². The van der Waals surface area contributed by atoms with E-state index in [0.717, 1.165) is 9.13 Å². The van der Waals surface area contributed by atoms with Crippen molar-refractivity contribution in [2.45, 2.75) is 0 Å². The lowest BCUT2D eigenvalue weighted by molar-refractivity contribution is 0.0955. The first kappa shape index (κ1) is 13.7. The van der Waals surface area contributed by atoms with Gasteiger partial charge >= 0.3 is 0 Å². The number of hydrogen-bond acceptors (Lipinski definition) is 2. The van der Waals surface area contributed by atoms with Crippen molar-refractivity contribution in [1.82, 2.24) is 5.43 Å². The Morgan fingerprint density at radius 1 is 1.16 bits per heavy atom. The Bertz CT molecular complexity index is 611. The van der Waals surface area contributed by atoms with E-state index >= 15 is 0 Å². The number of rotatable bonds is 3. The van der Waals surface area contributed by atoms with Crippen molar-refractivity contribution in [1.29, 1.82) is 0 Å². The van der Waals surface area contributed by atoms with Crippen LogP contribution in [0.25, 0.3) is 0 Å². The summed E-state index contributed by atoms with van der Waals surface area (Å²) >= 11 is 2.19. The Hall–Kier alpha value is -1.76. The van der Waals surface area contributed by atoms with Crippen molar-refractivity contribution >= 4 is 34.7 Å². The molecule has 0 saturated carbocycles. The summed E-state index contributed by atoms with van der Waals surface area (Å²) in [5, 5.41) is 3.88. The van der Waals surface area contributed by atoms with Crippen molar-refractivity contribution in [2.24, 2.45) is 5.10 Å². The summed E-state index contributed by atoms with van der Waals surface area (Å²) in [6.07, 6.45) is 1.57. The maximum Gasteiger partial charge on any atom is 0.271 e. The number of carbonyl (C=O) groups excluding carboxylic acids is 1. The van der Waals surface area contributed by atoms with Crippen LogP contribution in [0.1, 0.15) is 15.9 Å². The molecule has 96 valence electrons. The van der Waals surface area contributed by atoms with Gasteiger partial charge in [-0.05, 0) is 52.9 Å². The maximum absolute atomic E-state index is 12.7. The fourth-order valence-corrected chi connectivity index (χ4v) is 1.93. The Kier molecular flexibility index (Phi) is 4.62. The van der Waals surface area contributed by atoms with Gasteiger partial charge in [-0.2, -0.15) is 5.10 Å². The molecule has 1 amide bonds. The first-order valence-electron chi connectivity index (χ1n) is 5.50. The van der Waals surface area contributed by atoms with Gasteiger partial charge in [-0.25, -0.2) is 9.82 Å². The van der Waals surface area contributed by atoms with Crippen LogP contribution >= 0.6 is 22.6 Å². The molecule has 0 bridgehead atoms. The highest BCUT2D eigenvalue weighted by atomic mass is 127. The summed E-state index contributed by atoms with van der Waals surface area (Å²) in [4.78, 5) is 11.7. The molecule has 0 aliphatic carbocycles. The van der Waals surface area contributed by atoms with E-state index in [2.05, 4.69) is 33.1 Å². The second-order valence-electron chi connectivity index (χ2n) is 3.73. The molecule has 0 aliphatic heterocycles. The van der Waals surface area contributed by atoms with Crippen LogP contribution < -0.4 is 5.43 Å². The topological polar surface area (TPSA) is 41.5 Å². The average Bonchev–Trinajstić information content (AvgIpc) is 2.41. The van der Waals surface area contributed by atoms with Gasteiger partial charge in [0.2, 0.25) is 0 Å². The number of nitrogens with one attached hydrogen (secondary N) is 1. The van der Waals surface area contributed by atoms with E-state index in [4.69, 9.17) is 0 Å². The summed E-state index contributed by atoms with van der Waals surface area (Å²) in [5.41, 5.74) is 3.68. The van der Waals surface area contributed by atoms with Crippen LogP contribution in [0.5, 0.6) is 0 Å².